The summed E-state index contributed by atoms with van der Waals surface area (Å²) in [5.74, 6) is -0.463. The van der Waals surface area contributed by atoms with Crippen LogP contribution in [0.4, 0.5) is 5.69 Å². The van der Waals surface area contributed by atoms with Crippen LogP contribution >= 0.6 is 11.6 Å². The van der Waals surface area contributed by atoms with Crippen molar-refractivity contribution in [2.75, 3.05) is 5.32 Å². The molecule has 2 heterocycles. The molecule has 1 amide bonds. The molecule has 7 nitrogen and oxygen atoms in total. The van der Waals surface area contributed by atoms with Gasteiger partial charge in [-0.3, -0.25) is 18.7 Å². The molecule has 0 saturated heterocycles. The van der Waals surface area contributed by atoms with Gasteiger partial charge in [0.1, 0.15) is 11.3 Å². The average Bonchev–Trinajstić information content (AvgIpc) is 2.60. The molecule has 0 aliphatic carbocycles. The highest BCUT2D eigenvalue weighted by atomic mass is 35.5. The molecule has 3 rings (SSSR count). The molecule has 0 bridgehead atoms. The Labute approximate surface area is 147 Å². The van der Waals surface area contributed by atoms with Gasteiger partial charge in [0.15, 0.2) is 0 Å². The van der Waals surface area contributed by atoms with E-state index in [9.17, 15) is 14.4 Å². The molecule has 128 valence electrons. The van der Waals surface area contributed by atoms with Gasteiger partial charge in [0.2, 0.25) is 0 Å². The van der Waals surface area contributed by atoms with Gasteiger partial charge in [-0.15, -0.1) is 0 Å². The topological polar surface area (TPSA) is 86.0 Å². The van der Waals surface area contributed by atoms with Crippen LogP contribution in [-0.4, -0.2) is 20.0 Å². The van der Waals surface area contributed by atoms with Gasteiger partial charge < -0.3 is 5.32 Å². The number of halogens is 1. The summed E-state index contributed by atoms with van der Waals surface area (Å²) in [5, 5.41) is 3.50. The molecule has 0 spiro atoms. The van der Waals surface area contributed by atoms with E-state index >= 15 is 0 Å². The Hall–Kier alpha value is -2.93. The van der Waals surface area contributed by atoms with Gasteiger partial charge in [-0.25, -0.2) is 9.78 Å². The van der Waals surface area contributed by atoms with Crippen LogP contribution in [0.25, 0.3) is 11.0 Å². The predicted molar refractivity (Wildman–Crippen MR) is 96.4 cm³/mol. The summed E-state index contributed by atoms with van der Waals surface area (Å²) in [7, 11) is 2.89. The molecule has 3 aromatic rings. The van der Waals surface area contributed by atoms with Crippen molar-refractivity contribution in [2.24, 2.45) is 14.1 Å². The van der Waals surface area contributed by atoms with E-state index in [1.807, 2.05) is 6.92 Å². The van der Waals surface area contributed by atoms with Crippen LogP contribution < -0.4 is 16.6 Å². The maximum absolute atomic E-state index is 12.4. The van der Waals surface area contributed by atoms with Gasteiger partial charge in [0.05, 0.1) is 5.39 Å². The lowest BCUT2D eigenvalue weighted by atomic mass is 10.2. The lowest BCUT2D eigenvalue weighted by Gasteiger charge is -2.09. The van der Waals surface area contributed by atoms with Gasteiger partial charge in [0.25, 0.3) is 11.5 Å². The lowest BCUT2D eigenvalue weighted by Crippen LogP contribution is -2.37. The molecule has 2 aromatic heterocycles. The number of carbonyl (C=O) groups excluding carboxylic acids is 1. The molecule has 25 heavy (non-hydrogen) atoms. The van der Waals surface area contributed by atoms with Crippen LogP contribution in [0, 0.1) is 6.92 Å². The predicted octanol–water partition coefficient (Wildman–Crippen LogP) is 1.85. The fourth-order valence-electron chi connectivity index (χ4n) is 2.45. The van der Waals surface area contributed by atoms with Crippen molar-refractivity contribution in [1.82, 2.24) is 14.1 Å². The van der Waals surface area contributed by atoms with Crippen molar-refractivity contribution < 1.29 is 4.79 Å². The van der Waals surface area contributed by atoms with Crippen molar-refractivity contribution in [3.8, 4) is 0 Å². The lowest BCUT2D eigenvalue weighted by molar-refractivity contribution is 0.102. The summed E-state index contributed by atoms with van der Waals surface area (Å²) in [6, 6.07) is 8.09. The number of nitrogens with one attached hydrogen (secondary N) is 1. The van der Waals surface area contributed by atoms with Crippen molar-refractivity contribution >= 4 is 34.2 Å². The second kappa shape index (κ2) is 6.18. The fraction of sp³-hybridized carbons (Fsp3) is 0.176. The fourth-order valence-corrected chi connectivity index (χ4v) is 2.63. The summed E-state index contributed by atoms with van der Waals surface area (Å²) in [6.45, 7) is 1.86. The second-order valence-corrected chi connectivity index (χ2v) is 6.10. The van der Waals surface area contributed by atoms with E-state index in [0.29, 0.717) is 10.7 Å². The van der Waals surface area contributed by atoms with E-state index in [1.165, 1.54) is 30.8 Å². The Kier molecular flexibility index (Phi) is 4.18. The Bertz CT molecular complexity index is 1130. The third-order valence-corrected chi connectivity index (χ3v) is 4.37. The molecule has 0 saturated carbocycles. The van der Waals surface area contributed by atoms with Crippen LogP contribution in [0.2, 0.25) is 5.02 Å². The van der Waals surface area contributed by atoms with Gasteiger partial charge in [-0.1, -0.05) is 17.7 Å². The normalized spacial score (nSPS) is 10.9. The smallest absolute Gasteiger partial charge is 0.321 e. The van der Waals surface area contributed by atoms with E-state index in [4.69, 9.17) is 11.6 Å². The van der Waals surface area contributed by atoms with Crippen LogP contribution in [0.1, 0.15) is 16.1 Å². The van der Waals surface area contributed by atoms with Crippen molar-refractivity contribution in [3.05, 3.63) is 67.4 Å². The number of aryl methyl sites for hydroxylation is 2. The first-order chi connectivity index (χ1) is 11.8. The molecule has 0 aliphatic rings. The minimum absolute atomic E-state index is 0.0902. The number of benzene rings is 1. The molecular weight excluding hydrogens is 344 g/mol. The summed E-state index contributed by atoms with van der Waals surface area (Å²) in [5.41, 5.74) is 0.709. The summed E-state index contributed by atoms with van der Waals surface area (Å²) in [4.78, 5) is 40.7. The van der Waals surface area contributed by atoms with Crippen molar-refractivity contribution in [1.29, 1.82) is 0 Å². The number of hydrogen-bond acceptors (Lipinski definition) is 4. The number of aromatic nitrogens is 3. The van der Waals surface area contributed by atoms with E-state index in [1.54, 1.807) is 18.2 Å². The average molecular weight is 359 g/mol. The Balaban J connectivity index is 2.04. The van der Waals surface area contributed by atoms with Crippen LogP contribution in [0.3, 0.4) is 0 Å². The zero-order valence-corrected chi connectivity index (χ0v) is 14.6. The number of hydrogen-bond donors (Lipinski definition) is 1. The van der Waals surface area contributed by atoms with Gasteiger partial charge in [-0.2, -0.15) is 0 Å². The van der Waals surface area contributed by atoms with Crippen molar-refractivity contribution in [3.63, 3.8) is 0 Å². The molecule has 8 heteroatoms. The van der Waals surface area contributed by atoms with Crippen molar-refractivity contribution in [2.45, 2.75) is 6.92 Å². The maximum atomic E-state index is 12.4. The third kappa shape index (κ3) is 2.94. The quantitative estimate of drug-likeness (QED) is 0.757. The van der Waals surface area contributed by atoms with E-state index in [-0.39, 0.29) is 16.7 Å². The van der Waals surface area contributed by atoms with Crippen LogP contribution in [0.5, 0.6) is 0 Å². The number of nitrogens with zero attached hydrogens (tertiary/aromatic N) is 3. The Morgan fingerprint density at radius 2 is 1.84 bits per heavy atom. The molecule has 0 radical (unpaired) electrons. The summed E-state index contributed by atoms with van der Waals surface area (Å²) in [6.07, 6.45) is 0. The molecule has 0 aliphatic heterocycles. The van der Waals surface area contributed by atoms with E-state index in [2.05, 4.69) is 10.3 Å². The number of rotatable bonds is 2. The molecule has 0 unspecified atom stereocenters. The standard InChI is InChI=1S/C17H15ClN4O3/c1-9-4-5-10(8-12(9)18)19-15(23)13-7-6-11-14(20-13)21(2)17(25)22(3)16(11)24/h4-8H,1-3H3,(H,19,23). The minimum Gasteiger partial charge on any atom is -0.321 e. The monoisotopic (exact) mass is 358 g/mol. The number of anilines is 1. The second-order valence-electron chi connectivity index (χ2n) is 5.69. The number of pyridine rings is 1. The highest BCUT2D eigenvalue weighted by molar-refractivity contribution is 6.31. The first-order valence-electron chi connectivity index (χ1n) is 7.44. The SMILES string of the molecule is Cc1ccc(NC(=O)c2ccc3c(=O)n(C)c(=O)n(C)c3n2)cc1Cl. The third-order valence-electron chi connectivity index (χ3n) is 3.96. The van der Waals surface area contributed by atoms with Gasteiger partial charge in [-0.05, 0) is 36.8 Å². The number of fused-ring (bicyclic) bond motifs is 1. The molecule has 1 N–H and O–H groups in total. The molecular formula is C17H15ClN4O3. The summed E-state index contributed by atoms with van der Waals surface area (Å²) < 4.78 is 2.23. The number of carbonyl (C=O) groups is 1. The van der Waals surface area contributed by atoms with Gasteiger partial charge >= 0.3 is 5.69 Å². The zero-order valence-electron chi connectivity index (χ0n) is 13.8. The Morgan fingerprint density at radius 3 is 2.52 bits per heavy atom. The largest absolute Gasteiger partial charge is 0.332 e. The zero-order chi connectivity index (χ0) is 18.3. The maximum Gasteiger partial charge on any atom is 0.332 e. The summed E-state index contributed by atoms with van der Waals surface area (Å²) >= 11 is 6.05. The highest BCUT2D eigenvalue weighted by Crippen LogP contribution is 2.20. The van der Waals surface area contributed by atoms with Crippen LogP contribution in [-0.2, 0) is 14.1 Å². The Morgan fingerprint density at radius 1 is 1.12 bits per heavy atom. The number of amides is 1. The molecule has 1 aromatic carbocycles. The minimum atomic E-state index is -0.507. The molecule has 0 atom stereocenters. The van der Waals surface area contributed by atoms with Gasteiger partial charge in [0, 0.05) is 24.8 Å². The highest BCUT2D eigenvalue weighted by Gasteiger charge is 2.14. The van der Waals surface area contributed by atoms with E-state index < -0.39 is 17.2 Å². The molecule has 0 fully saturated rings. The van der Waals surface area contributed by atoms with E-state index in [0.717, 1.165) is 10.1 Å². The first kappa shape index (κ1) is 16.9. The first-order valence-corrected chi connectivity index (χ1v) is 7.81. The van der Waals surface area contributed by atoms with Crippen LogP contribution in [0.15, 0.2) is 39.9 Å².